The summed E-state index contributed by atoms with van der Waals surface area (Å²) >= 11 is 0. The van der Waals surface area contributed by atoms with Crippen LogP contribution in [0.4, 0.5) is 13.2 Å². The number of carboxylic acids is 1. The second-order valence-electron chi connectivity index (χ2n) is 5.83. The fraction of sp³-hybridized carbons (Fsp3) is 0.846. The van der Waals surface area contributed by atoms with E-state index in [0.29, 0.717) is 6.42 Å². The normalized spacial score (nSPS) is 27.0. The average molecular weight is 325 g/mol. The summed E-state index contributed by atoms with van der Waals surface area (Å²) in [5.74, 6) is -2.66. The van der Waals surface area contributed by atoms with E-state index < -0.39 is 42.0 Å². The summed E-state index contributed by atoms with van der Waals surface area (Å²) in [7, 11) is 0. The molecule has 5 N–H and O–H groups in total. The number of halogens is 3. The molecule has 0 aromatic heterocycles. The van der Waals surface area contributed by atoms with Gasteiger partial charge in [0.2, 0.25) is 5.91 Å². The van der Waals surface area contributed by atoms with Crippen LogP contribution >= 0.6 is 0 Å². The molecular formula is C13H22F3N3O3. The number of unbranched alkanes of at least 4 members (excludes halogenated alkanes) is 1. The van der Waals surface area contributed by atoms with Crippen molar-refractivity contribution in [1.82, 2.24) is 4.90 Å². The van der Waals surface area contributed by atoms with Crippen molar-refractivity contribution in [2.45, 2.75) is 50.4 Å². The Morgan fingerprint density at radius 3 is 2.50 bits per heavy atom. The quantitative estimate of drug-likeness (QED) is 0.666. The first-order chi connectivity index (χ1) is 10.0. The molecule has 1 aliphatic heterocycles. The minimum atomic E-state index is -4.55. The molecule has 0 bridgehead atoms. The lowest BCUT2D eigenvalue weighted by Crippen LogP contribution is -2.55. The van der Waals surface area contributed by atoms with Crippen LogP contribution in [0.5, 0.6) is 0 Å². The van der Waals surface area contributed by atoms with E-state index >= 15 is 0 Å². The number of carboxylic acid groups (broad SMARTS) is 1. The molecule has 6 nitrogen and oxygen atoms in total. The van der Waals surface area contributed by atoms with Gasteiger partial charge in [0.25, 0.3) is 0 Å². The van der Waals surface area contributed by atoms with E-state index in [1.165, 1.54) is 0 Å². The zero-order chi connectivity index (χ0) is 17.1. The third-order valence-corrected chi connectivity index (χ3v) is 4.01. The van der Waals surface area contributed by atoms with E-state index in [0.717, 1.165) is 17.7 Å². The summed E-state index contributed by atoms with van der Waals surface area (Å²) in [4.78, 5) is 24.4. The number of amides is 1. The predicted molar refractivity (Wildman–Crippen MR) is 72.8 cm³/mol. The van der Waals surface area contributed by atoms with Gasteiger partial charge >= 0.3 is 12.1 Å². The number of hydrogen-bond acceptors (Lipinski definition) is 4. The number of carbonyl (C=O) groups is 2. The number of carbonyl (C=O) groups excluding carboxylic acids is 1. The van der Waals surface area contributed by atoms with Crippen LogP contribution in [0.2, 0.25) is 0 Å². The minimum Gasteiger partial charge on any atom is -0.480 e. The lowest BCUT2D eigenvalue weighted by atomic mass is 9.84. The first-order valence-electron chi connectivity index (χ1n) is 7.14. The largest absolute Gasteiger partial charge is 0.480 e. The molecule has 1 saturated heterocycles. The van der Waals surface area contributed by atoms with E-state index in [4.69, 9.17) is 11.5 Å². The molecule has 9 heteroatoms. The van der Waals surface area contributed by atoms with Crippen molar-refractivity contribution in [2.24, 2.45) is 17.4 Å². The Bertz CT molecular complexity index is 430. The van der Waals surface area contributed by atoms with Gasteiger partial charge in [-0.15, -0.1) is 0 Å². The standard InChI is InChI=1S/C13H22F3N3O3/c1-2-3-4-8-6-19(7-12(8,18)11(21)22)10(20)9(17)5-13(14,15)16/h8-9H,2-7,17-18H2,1H3,(H,21,22)/t8-,9?,12-/m0/s1. The highest BCUT2D eigenvalue weighted by Crippen LogP contribution is 2.31. The number of rotatable bonds is 6. The summed E-state index contributed by atoms with van der Waals surface area (Å²) in [6.07, 6.45) is -3.94. The fourth-order valence-corrected chi connectivity index (χ4v) is 2.72. The van der Waals surface area contributed by atoms with E-state index in [1.54, 1.807) is 0 Å². The van der Waals surface area contributed by atoms with Crippen LogP contribution in [-0.2, 0) is 9.59 Å². The number of nitrogens with two attached hydrogens (primary N) is 2. The summed E-state index contributed by atoms with van der Waals surface area (Å²) in [6, 6.07) is -1.73. The maximum absolute atomic E-state index is 12.3. The van der Waals surface area contributed by atoms with Crippen LogP contribution < -0.4 is 11.5 Å². The molecule has 1 unspecified atom stereocenters. The maximum Gasteiger partial charge on any atom is 0.391 e. The van der Waals surface area contributed by atoms with Gasteiger partial charge in [0.1, 0.15) is 5.54 Å². The molecule has 0 aromatic carbocycles. The van der Waals surface area contributed by atoms with Crippen molar-refractivity contribution in [3.8, 4) is 0 Å². The Hall–Kier alpha value is -1.35. The van der Waals surface area contributed by atoms with E-state index in [1.807, 2.05) is 6.92 Å². The molecule has 1 amide bonds. The van der Waals surface area contributed by atoms with Crippen LogP contribution in [0.1, 0.15) is 32.6 Å². The molecule has 22 heavy (non-hydrogen) atoms. The first-order valence-corrected chi connectivity index (χ1v) is 7.14. The third kappa shape index (κ3) is 4.33. The van der Waals surface area contributed by atoms with Gasteiger partial charge in [-0.25, -0.2) is 0 Å². The van der Waals surface area contributed by atoms with E-state index in [9.17, 15) is 27.9 Å². The third-order valence-electron chi connectivity index (χ3n) is 4.01. The smallest absolute Gasteiger partial charge is 0.391 e. The predicted octanol–water partition coefficient (Wildman–Crippen LogP) is 0.697. The highest BCUT2D eigenvalue weighted by atomic mass is 19.4. The first kappa shape index (κ1) is 18.7. The molecule has 3 atom stereocenters. The van der Waals surface area contributed by atoms with Crippen LogP contribution in [-0.4, -0.2) is 52.7 Å². The number of nitrogens with zero attached hydrogens (tertiary/aromatic N) is 1. The zero-order valence-corrected chi connectivity index (χ0v) is 12.4. The van der Waals surface area contributed by atoms with E-state index in [-0.39, 0.29) is 13.1 Å². The Balaban J connectivity index is 2.81. The highest BCUT2D eigenvalue weighted by Gasteiger charge is 2.51. The summed E-state index contributed by atoms with van der Waals surface area (Å²) in [5, 5.41) is 9.29. The Kier molecular flexibility index (Phi) is 5.80. The second-order valence-corrected chi connectivity index (χ2v) is 5.83. The molecule has 1 fully saturated rings. The summed E-state index contributed by atoms with van der Waals surface area (Å²) in [6.45, 7) is 1.63. The van der Waals surface area contributed by atoms with Gasteiger partial charge in [-0.05, 0) is 6.42 Å². The molecular weight excluding hydrogens is 303 g/mol. The van der Waals surface area contributed by atoms with Gasteiger partial charge < -0.3 is 21.5 Å². The molecule has 0 aliphatic carbocycles. The van der Waals surface area contributed by atoms with Crippen molar-refractivity contribution >= 4 is 11.9 Å². The minimum absolute atomic E-state index is 0.0210. The van der Waals surface area contributed by atoms with Crippen LogP contribution in [0.25, 0.3) is 0 Å². The van der Waals surface area contributed by atoms with Gasteiger partial charge in [0.05, 0.1) is 12.5 Å². The summed E-state index contributed by atoms with van der Waals surface area (Å²) in [5.41, 5.74) is 9.54. The SMILES string of the molecule is CCCC[C@H]1CN(C(=O)C(N)CC(F)(F)F)C[C@@]1(N)C(=O)O. The molecule has 0 radical (unpaired) electrons. The van der Waals surface area contributed by atoms with Gasteiger partial charge in [0.15, 0.2) is 0 Å². The Labute approximate surface area is 126 Å². The lowest BCUT2D eigenvalue weighted by molar-refractivity contribution is -0.152. The lowest BCUT2D eigenvalue weighted by Gasteiger charge is -2.25. The van der Waals surface area contributed by atoms with Crippen molar-refractivity contribution < 1.29 is 27.9 Å². The van der Waals surface area contributed by atoms with Crippen molar-refractivity contribution in [3.05, 3.63) is 0 Å². The van der Waals surface area contributed by atoms with Gasteiger partial charge in [0, 0.05) is 19.0 Å². The van der Waals surface area contributed by atoms with Crippen molar-refractivity contribution in [3.63, 3.8) is 0 Å². The number of aliphatic carboxylic acids is 1. The Morgan fingerprint density at radius 1 is 1.45 bits per heavy atom. The van der Waals surface area contributed by atoms with Crippen LogP contribution in [0, 0.1) is 5.92 Å². The van der Waals surface area contributed by atoms with Gasteiger partial charge in [-0.1, -0.05) is 19.8 Å². The number of alkyl halides is 3. The molecule has 0 aromatic rings. The number of hydrogen-bond donors (Lipinski definition) is 3. The highest BCUT2D eigenvalue weighted by molar-refractivity contribution is 5.86. The summed E-state index contributed by atoms with van der Waals surface area (Å²) < 4.78 is 36.9. The molecule has 1 aliphatic rings. The monoisotopic (exact) mass is 325 g/mol. The van der Waals surface area contributed by atoms with Gasteiger partial charge in [-0.3, -0.25) is 9.59 Å². The van der Waals surface area contributed by atoms with Crippen molar-refractivity contribution in [1.29, 1.82) is 0 Å². The van der Waals surface area contributed by atoms with Gasteiger partial charge in [-0.2, -0.15) is 13.2 Å². The Morgan fingerprint density at radius 2 is 2.05 bits per heavy atom. The molecule has 0 spiro atoms. The second kappa shape index (κ2) is 6.82. The van der Waals surface area contributed by atoms with Crippen LogP contribution in [0.15, 0.2) is 0 Å². The van der Waals surface area contributed by atoms with E-state index in [2.05, 4.69) is 0 Å². The molecule has 1 rings (SSSR count). The molecule has 128 valence electrons. The van der Waals surface area contributed by atoms with Crippen LogP contribution in [0.3, 0.4) is 0 Å². The fourth-order valence-electron chi connectivity index (χ4n) is 2.72. The molecule has 0 saturated carbocycles. The van der Waals surface area contributed by atoms with Crippen molar-refractivity contribution in [2.75, 3.05) is 13.1 Å². The number of likely N-dealkylation sites (tertiary alicyclic amines) is 1. The zero-order valence-electron chi connectivity index (χ0n) is 12.4. The maximum atomic E-state index is 12.3. The molecule has 1 heterocycles. The average Bonchev–Trinajstić information content (AvgIpc) is 2.72. The topological polar surface area (TPSA) is 110 Å².